The van der Waals surface area contributed by atoms with Crippen LogP contribution in [0, 0.1) is 0 Å². The number of halogens is 2. The number of hydrogen-bond acceptors (Lipinski definition) is 4. The van der Waals surface area contributed by atoms with Gasteiger partial charge in [-0.1, -0.05) is 29.3 Å². The molecule has 0 aliphatic carbocycles. The van der Waals surface area contributed by atoms with E-state index in [1.54, 1.807) is 30.2 Å². The van der Waals surface area contributed by atoms with Crippen LogP contribution in [0.15, 0.2) is 18.2 Å². The second kappa shape index (κ2) is 9.66. The molecule has 0 heterocycles. The Balaban J connectivity index is 2.76. The van der Waals surface area contributed by atoms with Gasteiger partial charge in [-0.3, -0.25) is 9.59 Å². The molecule has 0 atom stereocenters. The lowest BCUT2D eigenvalue weighted by atomic mass is 10.1. The first kappa shape index (κ1) is 18.7. The van der Waals surface area contributed by atoms with Gasteiger partial charge in [0.25, 0.3) is 0 Å². The molecule has 0 saturated carbocycles. The van der Waals surface area contributed by atoms with Crippen LogP contribution >= 0.6 is 23.2 Å². The van der Waals surface area contributed by atoms with Gasteiger partial charge in [-0.05, 0) is 17.7 Å². The molecule has 0 radical (unpaired) electrons. The number of carbonyl (C=O) groups is 2. The first-order valence-corrected chi connectivity index (χ1v) is 7.51. The second-order valence-electron chi connectivity index (χ2n) is 4.58. The summed E-state index contributed by atoms with van der Waals surface area (Å²) in [5.41, 5.74) is 0.580. The molecule has 0 spiro atoms. The van der Waals surface area contributed by atoms with Gasteiger partial charge in [0.2, 0.25) is 5.91 Å². The van der Waals surface area contributed by atoms with E-state index in [0.717, 1.165) is 0 Å². The summed E-state index contributed by atoms with van der Waals surface area (Å²) in [5.74, 6) is -0.540. The van der Waals surface area contributed by atoms with Crippen molar-refractivity contribution in [1.82, 2.24) is 4.90 Å². The highest BCUT2D eigenvalue weighted by Gasteiger charge is 2.18. The lowest BCUT2D eigenvalue weighted by molar-refractivity contribution is -0.141. The van der Waals surface area contributed by atoms with Crippen molar-refractivity contribution in [2.45, 2.75) is 12.8 Å². The van der Waals surface area contributed by atoms with Gasteiger partial charge < -0.3 is 14.4 Å². The van der Waals surface area contributed by atoms with Crippen molar-refractivity contribution in [3.63, 3.8) is 0 Å². The summed E-state index contributed by atoms with van der Waals surface area (Å²) in [4.78, 5) is 25.2. The monoisotopic (exact) mass is 347 g/mol. The minimum Gasteiger partial charge on any atom is -0.469 e. The van der Waals surface area contributed by atoms with Crippen molar-refractivity contribution >= 4 is 35.1 Å². The number of methoxy groups -OCH3 is 2. The predicted octanol–water partition coefficient (Wildman–Crippen LogP) is 2.57. The van der Waals surface area contributed by atoms with E-state index in [1.165, 1.54) is 7.11 Å². The Morgan fingerprint density at radius 2 is 1.77 bits per heavy atom. The van der Waals surface area contributed by atoms with Gasteiger partial charge >= 0.3 is 5.97 Å². The van der Waals surface area contributed by atoms with Crippen LogP contribution in [-0.2, 0) is 25.5 Å². The van der Waals surface area contributed by atoms with Gasteiger partial charge in [-0.15, -0.1) is 0 Å². The van der Waals surface area contributed by atoms with E-state index in [0.29, 0.717) is 28.8 Å². The molecule has 1 rings (SSSR count). The molecule has 122 valence electrons. The third kappa shape index (κ3) is 5.83. The van der Waals surface area contributed by atoms with Crippen LogP contribution in [0.25, 0.3) is 0 Å². The van der Waals surface area contributed by atoms with E-state index in [9.17, 15) is 9.59 Å². The Hall–Kier alpha value is -1.30. The Morgan fingerprint density at radius 1 is 1.14 bits per heavy atom. The molecule has 5 nitrogen and oxygen atoms in total. The van der Waals surface area contributed by atoms with Crippen molar-refractivity contribution < 1.29 is 19.1 Å². The molecule has 1 aromatic rings. The smallest absolute Gasteiger partial charge is 0.307 e. The summed E-state index contributed by atoms with van der Waals surface area (Å²) in [6.07, 6.45) is 0.200. The minimum absolute atomic E-state index is 0.0728. The average molecular weight is 348 g/mol. The van der Waals surface area contributed by atoms with Gasteiger partial charge in [0, 0.05) is 30.2 Å². The van der Waals surface area contributed by atoms with Crippen LogP contribution in [0.5, 0.6) is 0 Å². The summed E-state index contributed by atoms with van der Waals surface area (Å²) >= 11 is 12.2. The molecule has 1 amide bonds. The molecule has 0 aromatic heterocycles. The molecule has 0 saturated heterocycles. The number of esters is 1. The lowest BCUT2D eigenvalue weighted by Crippen LogP contribution is -2.37. The molecule has 0 aliphatic rings. The predicted molar refractivity (Wildman–Crippen MR) is 85.3 cm³/mol. The molecular formula is C15H19Cl2NO4. The van der Waals surface area contributed by atoms with E-state index in [2.05, 4.69) is 4.74 Å². The summed E-state index contributed by atoms with van der Waals surface area (Å²) < 4.78 is 9.58. The maximum Gasteiger partial charge on any atom is 0.307 e. The second-order valence-corrected chi connectivity index (χ2v) is 5.39. The van der Waals surface area contributed by atoms with Crippen molar-refractivity contribution in [3.05, 3.63) is 33.8 Å². The highest BCUT2D eigenvalue weighted by molar-refractivity contribution is 6.36. The quantitative estimate of drug-likeness (QED) is 0.678. The highest BCUT2D eigenvalue weighted by atomic mass is 35.5. The third-order valence-electron chi connectivity index (χ3n) is 3.12. The zero-order valence-electron chi connectivity index (χ0n) is 12.6. The van der Waals surface area contributed by atoms with Crippen LogP contribution < -0.4 is 0 Å². The number of rotatable bonds is 8. The van der Waals surface area contributed by atoms with Crippen LogP contribution in [0.1, 0.15) is 12.0 Å². The van der Waals surface area contributed by atoms with Crippen LogP contribution in [0.4, 0.5) is 0 Å². The standard InChI is InChI=1S/C15H19Cl2NO4/c1-21-9-8-18(7-6-15(20)22-2)14(19)10-11-12(16)4-3-5-13(11)17/h3-5H,6-10H2,1-2H3. The van der Waals surface area contributed by atoms with E-state index >= 15 is 0 Å². The lowest BCUT2D eigenvalue weighted by Gasteiger charge is -2.22. The first-order valence-electron chi connectivity index (χ1n) is 6.76. The number of carbonyl (C=O) groups excluding carboxylic acids is 2. The van der Waals surface area contributed by atoms with Gasteiger partial charge in [-0.25, -0.2) is 0 Å². The van der Waals surface area contributed by atoms with E-state index in [-0.39, 0.29) is 31.3 Å². The number of benzene rings is 1. The van der Waals surface area contributed by atoms with Gasteiger partial charge in [0.15, 0.2) is 0 Å². The Labute approximate surface area is 140 Å². The maximum atomic E-state index is 12.4. The fourth-order valence-corrected chi connectivity index (χ4v) is 2.39. The fraction of sp³-hybridized carbons (Fsp3) is 0.467. The van der Waals surface area contributed by atoms with E-state index < -0.39 is 0 Å². The largest absolute Gasteiger partial charge is 0.469 e. The van der Waals surface area contributed by atoms with Crippen molar-refractivity contribution in [2.24, 2.45) is 0 Å². The molecule has 0 unspecified atom stereocenters. The van der Waals surface area contributed by atoms with Crippen LogP contribution in [-0.4, -0.2) is 50.7 Å². The highest BCUT2D eigenvalue weighted by Crippen LogP contribution is 2.25. The summed E-state index contributed by atoms with van der Waals surface area (Å²) in [6, 6.07) is 5.09. The fourth-order valence-electron chi connectivity index (χ4n) is 1.86. The molecular weight excluding hydrogens is 329 g/mol. The number of ether oxygens (including phenoxy) is 2. The van der Waals surface area contributed by atoms with Crippen molar-refractivity contribution in [2.75, 3.05) is 33.9 Å². The molecule has 0 bridgehead atoms. The summed E-state index contributed by atoms with van der Waals surface area (Å²) in [5, 5.41) is 0.890. The minimum atomic E-state index is -0.369. The number of amides is 1. The molecule has 22 heavy (non-hydrogen) atoms. The molecule has 0 fully saturated rings. The third-order valence-corrected chi connectivity index (χ3v) is 3.83. The Morgan fingerprint density at radius 3 is 2.32 bits per heavy atom. The molecule has 1 aromatic carbocycles. The van der Waals surface area contributed by atoms with Crippen LogP contribution in [0.3, 0.4) is 0 Å². The Kier molecular flexibility index (Phi) is 8.24. The van der Waals surface area contributed by atoms with E-state index in [1.807, 2.05) is 0 Å². The molecule has 0 N–H and O–H groups in total. The average Bonchev–Trinajstić information content (AvgIpc) is 2.50. The normalized spacial score (nSPS) is 10.4. The zero-order chi connectivity index (χ0) is 16.5. The SMILES string of the molecule is COCCN(CCC(=O)OC)C(=O)Cc1c(Cl)cccc1Cl. The topological polar surface area (TPSA) is 55.8 Å². The first-order chi connectivity index (χ1) is 10.5. The molecule has 0 aliphatic heterocycles. The molecule has 7 heteroatoms. The zero-order valence-corrected chi connectivity index (χ0v) is 14.1. The van der Waals surface area contributed by atoms with Crippen LogP contribution in [0.2, 0.25) is 10.0 Å². The van der Waals surface area contributed by atoms with Gasteiger partial charge in [0.05, 0.1) is 26.6 Å². The van der Waals surface area contributed by atoms with E-state index in [4.69, 9.17) is 27.9 Å². The van der Waals surface area contributed by atoms with Gasteiger partial charge in [-0.2, -0.15) is 0 Å². The van der Waals surface area contributed by atoms with Gasteiger partial charge in [0.1, 0.15) is 0 Å². The van der Waals surface area contributed by atoms with Crippen molar-refractivity contribution in [1.29, 1.82) is 0 Å². The summed E-state index contributed by atoms with van der Waals surface area (Å²) in [6.45, 7) is 1.02. The van der Waals surface area contributed by atoms with Crippen molar-refractivity contribution in [3.8, 4) is 0 Å². The number of hydrogen-bond donors (Lipinski definition) is 0. The maximum absolute atomic E-state index is 12.4. The summed E-state index contributed by atoms with van der Waals surface area (Å²) in [7, 11) is 2.86. The number of nitrogens with zero attached hydrogens (tertiary/aromatic N) is 1. The Bertz CT molecular complexity index is 502.